The first-order valence-electron chi connectivity index (χ1n) is 8.19. The zero-order chi connectivity index (χ0) is 19.2. The lowest BCUT2D eigenvalue weighted by atomic mass is 10.1. The third-order valence-electron chi connectivity index (χ3n) is 4.45. The Morgan fingerprint density at radius 1 is 1.11 bits per heavy atom. The number of aryl methyl sites for hydroxylation is 1. The van der Waals surface area contributed by atoms with E-state index in [2.05, 4.69) is 15.3 Å². The molecule has 0 radical (unpaired) electrons. The fourth-order valence-electron chi connectivity index (χ4n) is 2.98. The number of rotatable bonds is 4. The summed E-state index contributed by atoms with van der Waals surface area (Å²) in [5.41, 5.74) is 2.08. The summed E-state index contributed by atoms with van der Waals surface area (Å²) in [6, 6.07) is 9.11. The first-order chi connectivity index (χ1) is 12.8. The van der Waals surface area contributed by atoms with Crippen LogP contribution in [0.5, 0.6) is 0 Å². The van der Waals surface area contributed by atoms with Gasteiger partial charge in [0.25, 0.3) is 0 Å². The van der Waals surface area contributed by atoms with Crippen molar-refractivity contribution in [2.45, 2.75) is 18.4 Å². The lowest BCUT2D eigenvalue weighted by molar-refractivity contribution is 0.554. The molecular weight excluding hydrogens is 369 g/mol. The molecule has 2 aromatic heterocycles. The number of anilines is 1. The van der Waals surface area contributed by atoms with E-state index in [1.807, 2.05) is 6.92 Å². The minimum Gasteiger partial charge on any atom is -0.459 e. The van der Waals surface area contributed by atoms with Gasteiger partial charge in [-0.1, -0.05) is 0 Å². The van der Waals surface area contributed by atoms with Crippen LogP contribution in [0.25, 0.3) is 21.9 Å². The van der Waals surface area contributed by atoms with E-state index in [0.29, 0.717) is 34.6 Å². The van der Waals surface area contributed by atoms with Crippen LogP contribution < -0.4 is 5.32 Å². The SMILES string of the molecule is Cc1c(CNc2ncnc3ccc(S(C)(=O)=O)cc23)oc2ccc(F)cc12. The van der Waals surface area contributed by atoms with Gasteiger partial charge in [-0.3, -0.25) is 0 Å². The quantitative estimate of drug-likeness (QED) is 0.575. The first kappa shape index (κ1) is 17.4. The minimum absolute atomic E-state index is 0.197. The van der Waals surface area contributed by atoms with Crippen LogP contribution in [0.1, 0.15) is 11.3 Å². The maximum Gasteiger partial charge on any atom is 0.175 e. The largest absolute Gasteiger partial charge is 0.459 e. The summed E-state index contributed by atoms with van der Waals surface area (Å²) in [6.45, 7) is 2.18. The van der Waals surface area contributed by atoms with Crippen LogP contribution in [0.3, 0.4) is 0 Å². The topological polar surface area (TPSA) is 85.1 Å². The van der Waals surface area contributed by atoms with Crippen molar-refractivity contribution in [3.05, 3.63) is 59.9 Å². The van der Waals surface area contributed by atoms with Crippen LogP contribution in [0, 0.1) is 12.7 Å². The number of fused-ring (bicyclic) bond motifs is 2. The summed E-state index contributed by atoms with van der Waals surface area (Å²) in [6.07, 6.45) is 2.56. The van der Waals surface area contributed by atoms with Gasteiger partial charge < -0.3 is 9.73 Å². The van der Waals surface area contributed by atoms with E-state index in [-0.39, 0.29) is 10.7 Å². The predicted molar refractivity (Wildman–Crippen MR) is 101 cm³/mol. The van der Waals surface area contributed by atoms with Crippen LogP contribution in [-0.2, 0) is 16.4 Å². The first-order valence-corrected chi connectivity index (χ1v) is 10.1. The van der Waals surface area contributed by atoms with Gasteiger partial charge in [-0.2, -0.15) is 0 Å². The summed E-state index contributed by atoms with van der Waals surface area (Å²) in [5, 5.41) is 4.48. The van der Waals surface area contributed by atoms with Crippen LogP contribution in [0.4, 0.5) is 10.2 Å². The second kappa shape index (κ2) is 6.31. The Morgan fingerprint density at radius 3 is 2.70 bits per heavy atom. The van der Waals surface area contributed by atoms with E-state index in [9.17, 15) is 12.8 Å². The van der Waals surface area contributed by atoms with E-state index in [1.54, 1.807) is 18.2 Å². The highest BCUT2D eigenvalue weighted by Gasteiger charge is 2.14. The molecule has 0 saturated carbocycles. The molecule has 8 heteroatoms. The molecule has 0 aliphatic carbocycles. The molecule has 0 aliphatic heterocycles. The Balaban J connectivity index is 1.71. The highest BCUT2D eigenvalue weighted by atomic mass is 32.2. The van der Waals surface area contributed by atoms with Crippen LogP contribution in [0.2, 0.25) is 0 Å². The smallest absolute Gasteiger partial charge is 0.175 e. The zero-order valence-electron chi connectivity index (χ0n) is 14.7. The molecule has 0 saturated heterocycles. The van der Waals surface area contributed by atoms with Crippen LogP contribution in [0.15, 0.2) is 52.0 Å². The minimum atomic E-state index is -3.34. The average molecular weight is 385 g/mol. The molecule has 2 heterocycles. The number of aromatic nitrogens is 2. The predicted octanol–water partition coefficient (Wildman–Crippen LogP) is 3.84. The standard InChI is InChI=1S/C19H16FN3O3S/c1-11-14-7-12(20)3-6-17(14)26-18(11)9-21-19-15-8-13(27(2,24)25)4-5-16(15)22-10-23-19/h3-8,10H,9H2,1-2H3,(H,21,22,23). The van der Waals surface area contributed by atoms with Crippen molar-refractivity contribution in [2.24, 2.45) is 0 Å². The van der Waals surface area contributed by atoms with Gasteiger partial charge >= 0.3 is 0 Å². The molecule has 0 bridgehead atoms. The second-order valence-electron chi connectivity index (χ2n) is 6.32. The molecule has 0 unspecified atom stereocenters. The number of furan rings is 1. The molecule has 0 spiro atoms. The van der Waals surface area contributed by atoms with Crippen LogP contribution in [-0.4, -0.2) is 24.6 Å². The number of benzene rings is 2. The van der Waals surface area contributed by atoms with E-state index >= 15 is 0 Å². The van der Waals surface area contributed by atoms with Gasteiger partial charge in [0.15, 0.2) is 9.84 Å². The van der Waals surface area contributed by atoms with Crippen molar-refractivity contribution < 1.29 is 17.2 Å². The summed E-state index contributed by atoms with van der Waals surface area (Å²) in [7, 11) is -3.34. The number of nitrogens with zero attached hydrogens (tertiary/aromatic N) is 2. The van der Waals surface area contributed by atoms with Crippen molar-refractivity contribution in [3.8, 4) is 0 Å². The van der Waals surface area contributed by atoms with Gasteiger partial charge in [0.1, 0.15) is 29.3 Å². The number of hydrogen-bond acceptors (Lipinski definition) is 6. The maximum absolute atomic E-state index is 13.5. The van der Waals surface area contributed by atoms with Crippen molar-refractivity contribution in [3.63, 3.8) is 0 Å². The monoisotopic (exact) mass is 385 g/mol. The Hall–Kier alpha value is -3.00. The highest BCUT2D eigenvalue weighted by Crippen LogP contribution is 2.28. The molecule has 1 N–H and O–H groups in total. The summed E-state index contributed by atoms with van der Waals surface area (Å²) >= 11 is 0. The Labute approximate surface area is 155 Å². The number of halogens is 1. The summed E-state index contributed by atoms with van der Waals surface area (Å²) in [5.74, 6) is 0.833. The lowest BCUT2D eigenvalue weighted by Crippen LogP contribution is -2.04. The number of sulfone groups is 1. The zero-order valence-corrected chi connectivity index (χ0v) is 15.5. The van der Waals surface area contributed by atoms with Crippen molar-refractivity contribution in [1.29, 1.82) is 0 Å². The van der Waals surface area contributed by atoms with Gasteiger partial charge in [0.05, 0.1) is 17.0 Å². The Morgan fingerprint density at radius 2 is 1.93 bits per heavy atom. The van der Waals surface area contributed by atoms with E-state index < -0.39 is 9.84 Å². The molecule has 4 rings (SSSR count). The summed E-state index contributed by atoms with van der Waals surface area (Å²) in [4.78, 5) is 8.59. The van der Waals surface area contributed by atoms with E-state index in [0.717, 1.165) is 17.2 Å². The van der Waals surface area contributed by atoms with Gasteiger partial charge in [0, 0.05) is 22.6 Å². The third kappa shape index (κ3) is 3.23. The molecular formula is C19H16FN3O3S. The molecule has 138 valence electrons. The molecule has 27 heavy (non-hydrogen) atoms. The second-order valence-corrected chi connectivity index (χ2v) is 8.33. The van der Waals surface area contributed by atoms with Gasteiger partial charge in [-0.05, 0) is 43.3 Å². The molecule has 4 aromatic rings. The normalized spacial score (nSPS) is 12.0. The maximum atomic E-state index is 13.5. The van der Waals surface area contributed by atoms with Crippen molar-refractivity contribution in [1.82, 2.24) is 9.97 Å². The van der Waals surface area contributed by atoms with Crippen molar-refractivity contribution >= 4 is 37.5 Å². The van der Waals surface area contributed by atoms with E-state index in [4.69, 9.17) is 4.42 Å². The van der Waals surface area contributed by atoms with Gasteiger partial charge in [0.2, 0.25) is 0 Å². The summed E-state index contributed by atoms with van der Waals surface area (Å²) < 4.78 is 42.9. The van der Waals surface area contributed by atoms with Crippen molar-refractivity contribution in [2.75, 3.05) is 11.6 Å². The highest BCUT2D eigenvalue weighted by molar-refractivity contribution is 7.90. The molecule has 0 aliphatic rings. The van der Waals surface area contributed by atoms with Gasteiger partial charge in [-0.25, -0.2) is 22.8 Å². The average Bonchev–Trinajstić information content (AvgIpc) is 2.94. The Bertz CT molecular complexity index is 1280. The fourth-order valence-corrected chi connectivity index (χ4v) is 3.63. The number of nitrogens with one attached hydrogen (secondary N) is 1. The molecule has 0 atom stereocenters. The molecule has 6 nitrogen and oxygen atoms in total. The fraction of sp³-hybridized carbons (Fsp3) is 0.158. The molecule has 0 fully saturated rings. The third-order valence-corrected chi connectivity index (χ3v) is 5.56. The van der Waals surface area contributed by atoms with Crippen LogP contribution >= 0.6 is 0 Å². The Kier molecular flexibility index (Phi) is 4.07. The molecule has 2 aromatic carbocycles. The van der Waals surface area contributed by atoms with E-state index in [1.165, 1.54) is 24.5 Å². The lowest BCUT2D eigenvalue weighted by Gasteiger charge is -2.08. The number of hydrogen-bond donors (Lipinski definition) is 1. The van der Waals surface area contributed by atoms with Gasteiger partial charge in [-0.15, -0.1) is 0 Å². The molecule has 0 amide bonds.